The van der Waals surface area contributed by atoms with E-state index in [0.29, 0.717) is 6.54 Å². The first kappa shape index (κ1) is 17.6. The number of urea groups is 1. The van der Waals surface area contributed by atoms with Crippen molar-refractivity contribution in [2.24, 2.45) is 0 Å². The number of hydrogen-bond donors (Lipinski definition) is 2. The molecule has 5 nitrogen and oxygen atoms in total. The molecule has 3 amide bonds. The van der Waals surface area contributed by atoms with Crippen LogP contribution in [0.2, 0.25) is 0 Å². The number of carbonyl (C=O) groups excluding carboxylic acids is 2. The SMILES string of the molecule is O=C(NC1CCCC1)NC(C(=O)N1CCc2ccccc21)c1ccccc1. The Morgan fingerprint density at radius 1 is 0.963 bits per heavy atom. The number of nitrogens with one attached hydrogen (secondary N) is 2. The van der Waals surface area contributed by atoms with Gasteiger partial charge in [0.2, 0.25) is 0 Å². The second-order valence-electron chi connectivity index (χ2n) is 7.31. The monoisotopic (exact) mass is 363 g/mol. The lowest BCUT2D eigenvalue weighted by molar-refractivity contribution is -0.120. The number of hydrogen-bond acceptors (Lipinski definition) is 2. The zero-order valence-corrected chi connectivity index (χ0v) is 15.4. The molecule has 4 rings (SSSR count). The molecular weight excluding hydrogens is 338 g/mol. The van der Waals surface area contributed by atoms with E-state index in [1.54, 1.807) is 4.90 Å². The van der Waals surface area contributed by atoms with E-state index in [0.717, 1.165) is 43.4 Å². The Morgan fingerprint density at radius 3 is 2.44 bits per heavy atom. The Morgan fingerprint density at radius 2 is 1.67 bits per heavy atom. The number of nitrogens with zero attached hydrogens (tertiary/aromatic N) is 1. The molecule has 1 fully saturated rings. The van der Waals surface area contributed by atoms with Crippen LogP contribution >= 0.6 is 0 Å². The van der Waals surface area contributed by atoms with E-state index in [4.69, 9.17) is 0 Å². The third-order valence-electron chi connectivity index (χ3n) is 5.50. The molecular formula is C22H25N3O2. The van der Waals surface area contributed by atoms with Crippen LogP contribution in [-0.4, -0.2) is 24.5 Å². The van der Waals surface area contributed by atoms with Crippen molar-refractivity contribution in [3.8, 4) is 0 Å². The average Bonchev–Trinajstić information content (AvgIpc) is 3.36. The van der Waals surface area contributed by atoms with Gasteiger partial charge >= 0.3 is 6.03 Å². The number of anilines is 1. The fourth-order valence-corrected chi connectivity index (χ4v) is 4.08. The van der Waals surface area contributed by atoms with Gasteiger partial charge in [0.05, 0.1) is 0 Å². The van der Waals surface area contributed by atoms with Crippen LogP contribution in [0, 0.1) is 0 Å². The summed E-state index contributed by atoms with van der Waals surface area (Å²) in [6, 6.07) is 16.7. The summed E-state index contributed by atoms with van der Waals surface area (Å²) in [6.45, 7) is 0.646. The lowest BCUT2D eigenvalue weighted by atomic mass is 10.1. The van der Waals surface area contributed by atoms with Gasteiger partial charge in [-0.3, -0.25) is 4.79 Å². The summed E-state index contributed by atoms with van der Waals surface area (Å²) in [5.41, 5.74) is 2.92. The number of amides is 3. The summed E-state index contributed by atoms with van der Waals surface area (Å²) in [4.78, 5) is 27.7. The van der Waals surface area contributed by atoms with Crippen LogP contribution in [-0.2, 0) is 11.2 Å². The van der Waals surface area contributed by atoms with E-state index in [1.807, 2.05) is 48.5 Å². The van der Waals surface area contributed by atoms with Crippen LogP contribution in [0.4, 0.5) is 10.5 Å². The maximum absolute atomic E-state index is 13.4. The highest BCUT2D eigenvalue weighted by Gasteiger charge is 2.32. The molecule has 2 aliphatic rings. The zero-order valence-electron chi connectivity index (χ0n) is 15.4. The lowest BCUT2D eigenvalue weighted by Gasteiger charge is -2.26. The van der Waals surface area contributed by atoms with Gasteiger partial charge in [-0.15, -0.1) is 0 Å². The van der Waals surface area contributed by atoms with Gasteiger partial charge in [-0.2, -0.15) is 0 Å². The molecule has 0 radical (unpaired) electrons. The number of carbonyl (C=O) groups is 2. The van der Waals surface area contributed by atoms with Gasteiger partial charge in [-0.1, -0.05) is 61.4 Å². The number of para-hydroxylation sites is 1. The molecule has 1 aliphatic carbocycles. The van der Waals surface area contributed by atoms with Crippen LogP contribution in [0.1, 0.15) is 42.9 Å². The van der Waals surface area contributed by atoms with Crippen molar-refractivity contribution in [1.29, 1.82) is 0 Å². The number of benzene rings is 2. The van der Waals surface area contributed by atoms with Crippen molar-refractivity contribution in [3.63, 3.8) is 0 Å². The molecule has 0 aromatic heterocycles. The topological polar surface area (TPSA) is 61.4 Å². The third-order valence-corrected chi connectivity index (χ3v) is 5.50. The standard InChI is InChI=1S/C22H25N3O2/c26-21(25-15-14-16-8-4-7-13-19(16)25)20(17-9-2-1-3-10-17)24-22(27)23-18-11-5-6-12-18/h1-4,7-10,13,18,20H,5-6,11-12,14-15H2,(H2,23,24,27). The highest BCUT2D eigenvalue weighted by Crippen LogP contribution is 2.30. The van der Waals surface area contributed by atoms with E-state index < -0.39 is 6.04 Å². The largest absolute Gasteiger partial charge is 0.335 e. The first-order valence-corrected chi connectivity index (χ1v) is 9.73. The van der Waals surface area contributed by atoms with Crippen molar-refractivity contribution < 1.29 is 9.59 Å². The Hall–Kier alpha value is -2.82. The van der Waals surface area contributed by atoms with Crippen LogP contribution in [0.5, 0.6) is 0 Å². The molecule has 2 aromatic carbocycles. The maximum Gasteiger partial charge on any atom is 0.315 e. The number of rotatable bonds is 4. The Balaban J connectivity index is 1.55. The smallest absolute Gasteiger partial charge is 0.315 e. The number of fused-ring (bicyclic) bond motifs is 1. The molecule has 1 atom stereocenters. The molecule has 27 heavy (non-hydrogen) atoms. The minimum Gasteiger partial charge on any atom is -0.335 e. The fourth-order valence-electron chi connectivity index (χ4n) is 4.08. The third kappa shape index (κ3) is 3.82. The van der Waals surface area contributed by atoms with Crippen molar-refractivity contribution in [3.05, 3.63) is 65.7 Å². The Labute approximate surface area is 159 Å². The summed E-state index contributed by atoms with van der Waals surface area (Å²) in [5.74, 6) is -0.0901. The molecule has 140 valence electrons. The molecule has 1 saturated carbocycles. The quantitative estimate of drug-likeness (QED) is 0.872. The minimum atomic E-state index is -0.696. The summed E-state index contributed by atoms with van der Waals surface area (Å²) >= 11 is 0. The summed E-state index contributed by atoms with van der Waals surface area (Å²) in [7, 11) is 0. The summed E-state index contributed by atoms with van der Waals surface area (Å²) in [6.07, 6.45) is 5.17. The zero-order chi connectivity index (χ0) is 18.6. The van der Waals surface area contributed by atoms with Gasteiger partial charge in [-0.05, 0) is 36.5 Å². The molecule has 1 aliphatic heterocycles. The Bertz CT molecular complexity index is 815. The molecule has 0 saturated heterocycles. The van der Waals surface area contributed by atoms with Gasteiger partial charge in [0.15, 0.2) is 0 Å². The van der Waals surface area contributed by atoms with Gasteiger partial charge in [0, 0.05) is 18.3 Å². The maximum atomic E-state index is 13.4. The first-order chi connectivity index (χ1) is 13.2. The van der Waals surface area contributed by atoms with E-state index in [2.05, 4.69) is 16.7 Å². The van der Waals surface area contributed by atoms with E-state index in [9.17, 15) is 9.59 Å². The first-order valence-electron chi connectivity index (χ1n) is 9.73. The van der Waals surface area contributed by atoms with Crippen LogP contribution in [0.25, 0.3) is 0 Å². The highest BCUT2D eigenvalue weighted by molar-refractivity contribution is 6.01. The van der Waals surface area contributed by atoms with Crippen molar-refractivity contribution >= 4 is 17.6 Å². The predicted octanol–water partition coefficient (Wildman–Crippen LogP) is 3.56. The van der Waals surface area contributed by atoms with Gasteiger partial charge in [-0.25, -0.2) is 4.79 Å². The van der Waals surface area contributed by atoms with Crippen molar-refractivity contribution in [2.45, 2.75) is 44.2 Å². The minimum absolute atomic E-state index is 0.0901. The van der Waals surface area contributed by atoms with Crippen LogP contribution in [0.3, 0.4) is 0 Å². The van der Waals surface area contributed by atoms with Gasteiger partial charge in [0.25, 0.3) is 5.91 Å². The summed E-state index contributed by atoms with van der Waals surface area (Å²) in [5, 5.41) is 5.95. The summed E-state index contributed by atoms with van der Waals surface area (Å²) < 4.78 is 0. The molecule has 0 bridgehead atoms. The average molecular weight is 363 g/mol. The lowest BCUT2D eigenvalue weighted by Crippen LogP contribution is -2.47. The molecule has 5 heteroatoms. The van der Waals surface area contributed by atoms with Crippen LogP contribution in [0.15, 0.2) is 54.6 Å². The van der Waals surface area contributed by atoms with Crippen LogP contribution < -0.4 is 15.5 Å². The van der Waals surface area contributed by atoms with Gasteiger partial charge < -0.3 is 15.5 Å². The second kappa shape index (κ2) is 7.82. The van der Waals surface area contributed by atoms with E-state index in [-0.39, 0.29) is 18.0 Å². The van der Waals surface area contributed by atoms with Crippen molar-refractivity contribution in [1.82, 2.24) is 10.6 Å². The molecule has 1 heterocycles. The fraction of sp³-hybridized carbons (Fsp3) is 0.364. The molecule has 0 spiro atoms. The van der Waals surface area contributed by atoms with E-state index >= 15 is 0 Å². The second-order valence-corrected chi connectivity index (χ2v) is 7.31. The Kier molecular flexibility index (Phi) is 5.10. The van der Waals surface area contributed by atoms with E-state index in [1.165, 1.54) is 5.56 Å². The van der Waals surface area contributed by atoms with Gasteiger partial charge in [0.1, 0.15) is 6.04 Å². The molecule has 2 aromatic rings. The molecule has 2 N–H and O–H groups in total. The van der Waals surface area contributed by atoms with Crippen molar-refractivity contribution in [2.75, 3.05) is 11.4 Å². The molecule has 1 unspecified atom stereocenters. The normalized spacial score (nSPS) is 17.4. The highest BCUT2D eigenvalue weighted by atomic mass is 16.2. The predicted molar refractivity (Wildman–Crippen MR) is 106 cm³/mol.